The zero-order valence-electron chi connectivity index (χ0n) is 12.2. The van der Waals surface area contributed by atoms with E-state index in [9.17, 15) is 4.79 Å². The minimum Gasteiger partial charge on any atom is -0.363 e. The Morgan fingerprint density at radius 2 is 2.33 bits per heavy atom. The second-order valence-corrected chi connectivity index (χ2v) is 7.55. The van der Waals surface area contributed by atoms with E-state index in [-0.39, 0.29) is 5.91 Å². The van der Waals surface area contributed by atoms with Crippen LogP contribution < -0.4 is 5.32 Å². The highest BCUT2D eigenvalue weighted by Crippen LogP contribution is 2.35. The van der Waals surface area contributed by atoms with Gasteiger partial charge in [0.2, 0.25) is 11.0 Å². The lowest BCUT2D eigenvalue weighted by Crippen LogP contribution is -2.34. The molecule has 0 aromatic carbocycles. The molecule has 1 fully saturated rings. The van der Waals surface area contributed by atoms with E-state index in [4.69, 9.17) is 0 Å². The molecule has 0 unspecified atom stereocenters. The molecular formula is C14H20N4OS2. The molecule has 3 rings (SSSR count). The minimum atomic E-state index is 0.219. The van der Waals surface area contributed by atoms with Crippen molar-refractivity contribution in [2.45, 2.75) is 48.9 Å². The van der Waals surface area contributed by atoms with Gasteiger partial charge in [-0.25, -0.2) is 0 Å². The number of aromatic nitrogens is 2. The molecule has 0 aliphatic heterocycles. The van der Waals surface area contributed by atoms with Crippen LogP contribution in [0.5, 0.6) is 0 Å². The first-order chi connectivity index (χ1) is 10.3. The molecule has 1 amide bonds. The molecule has 0 radical (unpaired) electrons. The van der Waals surface area contributed by atoms with Crippen LogP contribution in [0.3, 0.4) is 0 Å². The van der Waals surface area contributed by atoms with Crippen molar-refractivity contribution in [3.8, 4) is 0 Å². The summed E-state index contributed by atoms with van der Waals surface area (Å²) in [6.45, 7) is 0. The second-order valence-electron chi connectivity index (χ2n) is 5.35. The number of nitrogens with one attached hydrogen (secondary N) is 1. The van der Waals surface area contributed by atoms with Gasteiger partial charge in [0.25, 0.3) is 0 Å². The fraction of sp³-hybridized carbons (Fsp3) is 0.643. The number of hydrogen-bond donors (Lipinski definition) is 1. The van der Waals surface area contributed by atoms with E-state index in [2.05, 4.69) is 26.5 Å². The highest BCUT2D eigenvalue weighted by Gasteiger charge is 2.34. The van der Waals surface area contributed by atoms with E-state index in [1.54, 1.807) is 0 Å². The average Bonchev–Trinajstić information content (AvgIpc) is 3.23. The predicted molar refractivity (Wildman–Crippen MR) is 86.6 cm³/mol. The van der Waals surface area contributed by atoms with Crippen molar-refractivity contribution < 1.29 is 4.79 Å². The molecule has 1 N–H and O–H groups in total. The summed E-state index contributed by atoms with van der Waals surface area (Å²) in [5.41, 5.74) is 1.25. The van der Waals surface area contributed by atoms with Crippen molar-refractivity contribution in [2.75, 3.05) is 18.1 Å². The molecule has 0 bridgehead atoms. The van der Waals surface area contributed by atoms with Gasteiger partial charge in [0, 0.05) is 18.8 Å². The largest absolute Gasteiger partial charge is 0.363 e. The topological polar surface area (TPSA) is 58.1 Å². The van der Waals surface area contributed by atoms with Gasteiger partial charge >= 0.3 is 0 Å². The molecule has 7 heteroatoms. The first kappa shape index (κ1) is 14.8. The van der Waals surface area contributed by atoms with Crippen molar-refractivity contribution in [1.82, 2.24) is 15.1 Å². The quantitative estimate of drug-likeness (QED) is 0.815. The van der Waals surface area contributed by atoms with Crippen LogP contribution in [0.25, 0.3) is 0 Å². The molecule has 0 saturated heterocycles. The van der Waals surface area contributed by atoms with Crippen molar-refractivity contribution >= 4 is 34.1 Å². The number of anilines is 1. The van der Waals surface area contributed by atoms with Crippen molar-refractivity contribution in [1.29, 1.82) is 0 Å². The summed E-state index contributed by atoms with van der Waals surface area (Å²) in [7, 11) is 1.82. The molecule has 1 heterocycles. The van der Waals surface area contributed by atoms with Gasteiger partial charge in [0.1, 0.15) is 0 Å². The summed E-state index contributed by atoms with van der Waals surface area (Å²) in [6, 6.07) is 0.449. The van der Waals surface area contributed by atoms with E-state index < -0.39 is 0 Å². The second kappa shape index (κ2) is 6.79. The lowest BCUT2D eigenvalue weighted by atomic mass is 10.0. The van der Waals surface area contributed by atoms with Gasteiger partial charge < -0.3 is 10.2 Å². The number of nitrogens with zero attached hydrogens (tertiary/aromatic N) is 3. The van der Waals surface area contributed by atoms with Crippen LogP contribution in [0.2, 0.25) is 0 Å². The van der Waals surface area contributed by atoms with Gasteiger partial charge in [-0.3, -0.25) is 4.79 Å². The van der Waals surface area contributed by atoms with Crippen LogP contribution >= 0.6 is 23.1 Å². The van der Waals surface area contributed by atoms with E-state index in [1.165, 1.54) is 41.6 Å². The third-order valence-electron chi connectivity index (χ3n) is 3.70. The lowest BCUT2D eigenvalue weighted by Gasteiger charge is -2.27. The summed E-state index contributed by atoms with van der Waals surface area (Å²) in [4.78, 5) is 14.6. The predicted octanol–water partition coefficient (Wildman–Crippen LogP) is 3.12. The van der Waals surface area contributed by atoms with Crippen LogP contribution in [0.1, 0.15) is 38.5 Å². The molecule has 2 aliphatic carbocycles. The zero-order chi connectivity index (χ0) is 14.7. The summed E-state index contributed by atoms with van der Waals surface area (Å²) in [6.07, 6.45) is 9.18. The van der Waals surface area contributed by atoms with Crippen molar-refractivity contribution in [3.05, 3.63) is 11.8 Å². The fourth-order valence-electron chi connectivity index (χ4n) is 2.53. The number of carbonyl (C=O) groups excluding carboxylic acids is 1. The highest BCUT2D eigenvalue weighted by molar-refractivity contribution is 8.01. The monoisotopic (exact) mass is 324 g/mol. The van der Waals surface area contributed by atoms with E-state index in [0.717, 1.165) is 35.2 Å². The number of carbonyl (C=O) groups is 1. The zero-order valence-corrected chi connectivity index (χ0v) is 13.8. The number of rotatable bonds is 6. The van der Waals surface area contributed by atoms with Crippen LogP contribution in [-0.2, 0) is 4.79 Å². The Kier molecular flexibility index (Phi) is 4.80. The normalized spacial score (nSPS) is 18.2. The number of amides is 1. The Bertz CT molecular complexity index is 539. The summed E-state index contributed by atoms with van der Waals surface area (Å²) >= 11 is 2.98. The third-order valence-corrected chi connectivity index (χ3v) is 5.76. The van der Waals surface area contributed by atoms with Crippen LogP contribution in [0.4, 0.5) is 5.13 Å². The summed E-state index contributed by atoms with van der Waals surface area (Å²) < 4.78 is 0.848. The number of hydrogen-bond acceptors (Lipinski definition) is 6. The molecule has 114 valence electrons. The molecule has 1 aromatic rings. The van der Waals surface area contributed by atoms with Gasteiger partial charge in [-0.2, -0.15) is 0 Å². The Labute approximate surface area is 133 Å². The number of thioether (sulfide) groups is 1. The van der Waals surface area contributed by atoms with E-state index in [0.29, 0.717) is 11.8 Å². The molecule has 21 heavy (non-hydrogen) atoms. The highest BCUT2D eigenvalue weighted by atomic mass is 32.2. The van der Waals surface area contributed by atoms with Crippen molar-refractivity contribution in [2.24, 2.45) is 0 Å². The van der Waals surface area contributed by atoms with Gasteiger partial charge in [-0.05, 0) is 38.5 Å². The van der Waals surface area contributed by atoms with Gasteiger partial charge in [-0.15, -0.1) is 10.2 Å². The number of allylic oxidation sites excluding steroid dienone is 2. The summed E-state index contributed by atoms with van der Waals surface area (Å²) in [5, 5.41) is 11.8. The van der Waals surface area contributed by atoms with Gasteiger partial charge in [0.05, 0.1) is 5.75 Å². The lowest BCUT2D eigenvalue weighted by molar-refractivity contribution is -0.127. The first-order valence-corrected chi connectivity index (χ1v) is 9.23. The Balaban J connectivity index is 1.60. The molecule has 2 aliphatic rings. The Morgan fingerprint density at radius 1 is 1.48 bits per heavy atom. The first-order valence-electron chi connectivity index (χ1n) is 7.43. The third kappa shape index (κ3) is 3.77. The van der Waals surface area contributed by atoms with E-state index in [1.807, 2.05) is 7.05 Å². The Hall–Kier alpha value is -1.08. The molecule has 1 saturated carbocycles. The van der Waals surface area contributed by atoms with Gasteiger partial charge in [0.15, 0.2) is 4.34 Å². The van der Waals surface area contributed by atoms with Crippen LogP contribution in [0, 0.1) is 0 Å². The molecule has 5 nitrogen and oxygen atoms in total. The molecule has 1 aromatic heterocycles. The van der Waals surface area contributed by atoms with Gasteiger partial charge in [-0.1, -0.05) is 29.2 Å². The Morgan fingerprint density at radius 3 is 2.95 bits per heavy atom. The fourth-order valence-corrected chi connectivity index (χ4v) is 4.10. The smallest absolute Gasteiger partial charge is 0.237 e. The maximum atomic E-state index is 12.6. The molecule has 0 atom stereocenters. The van der Waals surface area contributed by atoms with Crippen molar-refractivity contribution in [3.63, 3.8) is 0 Å². The molecule has 0 spiro atoms. The standard InChI is InChI=1S/C14H20N4OS2/c1-15-13-16-17-14(21-13)20-9-12(19)18(11-7-8-11)10-5-3-2-4-6-10/h5,11H,2-4,6-9H2,1H3,(H,15,16). The van der Waals surface area contributed by atoms with Crippen LogP contribution in [-0.4, -0.2) is 39.8 Å². The maximum Gasteiger partial charge on any atom is 0.237 e. The maximum absolute atomic E-state index is 12.6. The minimum absolute atomic E-state index is 0.219. The van der Waals surface area contributed by atoms with E-state index >= 15 is 0 Å². The molecular weight excluding hydrogens is 304 g/mol. The summed E-state index contributed by atoms with van der Waals surface area (Å²) in [5.74, 6) is 0.670. The SMILES string of the molecule is CNc1nnc(SCC(=O)N(C2=CCCCC2)C2CC2)s1. The average molecular weight is 324 g/mol. The van der Waals surface area contributed by atoms with Crippen LogP contribution in [0.15, 0.2) is 16.1 Å².